The van der Waals surface area contributed by atoms with Crippen LogP contribution < -0.4 is 5.32 Å². The van der Waals surface area contributed by atoms with E-state index in [1.807, 2.05) is 0 Å². The summed E-state index contributed by atoms with van der Waals surface area (Å²) in [6.45, 7) is 7.20. The maximum atomic E-state index is 5.98. The van der Waals surface area contributed by atoms with Gasteiger partial charge in [0, 0.05) is 37.6 Å². The zero-order valence-corrected chi connectivity index (χ0v) is 13.4. The van der Waals surface area contributed by atoms with Crippen LogP contribution in [0, 0.1) is 11.3 Å². The average Bonchev–Trinajstić information content (AvgIpc) is 2.49. The molecule has 3 nitrogen and oxygen atoms in total. The van der Waals surface area contributed by atoms with E-state index in [-0.39, 0.29) is 5.41 Å². The molecule has 1 aromatic carbocycles. The minimum atomic E-state index is 0.237. The highest BCUT2D eigenvalue weighted by molar-refractivity contribution is 5.27. The van der Waals surface area contributed by atoms with Crippen LogP contribution in [0.2, 0.25) is 0 Å². The van der Waals surface area contributed by atoms with E-state index in [4.69, 9.17) is 9.47 Å². The van der Waals surface area contributed by atoms with Gasteiger partial charge in [-0.2, -0.15) is 0 Å². The Morgan fingerprint density at radius 1 is 1.29 bits per heavy atom. The van der Waals surface area contributed by atoms with Gasteiger partial charge >= 0.3 is 0 Å². The third kappa shape index (κ3) is 2.75. The number of ether oxygens (including phenoxy) is 2. The summed E-state index contributed by atoms with van der Waals surface area (Å²) in [7, 11) is 1.75. The summed E-state index contributed by atoms with van der Waals surface area (Å²) in [5.41, 5.74) is 2.86. The highest BCUT2D eigenvalue weighted by Gasteiger charge is 2.57. The Labute approximate surface area is 128 Å². The SMILES string of the molecule is COCc1ccccc1CNC1C2CCCOC2C1(C)C. The van der Waals surface area contributed by atoms with Crippen LogP contribution in [0.3, 0.4) is 0 Å². The quantitative estimate of drug-likeness (QED) is 0.903. The lowest BCUT2D eigenvalue weighted by Crippen LogP contribution is -2.69. The largest absolute Gasteiger partial charge is 0.380 e. The molecule has 3 unspecified atom stereocenters. The maximum absolute atomic E-state index is 5.98. The van der Waals surface area contributed by atoms with Crippen molar-refractivity contribution in [1.29, 1.82) is 0 Å². The third-order valence-electron chi connectivity index (χ3n) is 5.26. The molecule has 3 rings (SSSR count). The molecule has 1 aliphatic carbocycles. The van der Waals surface area contributed by atoms with Gasteiger partial charge in [0.2, 0.25) is 0 Å². The van der Waals surface area contributed by atoms with E-state index < -0.39 is 0 Å². The summed E-state index contributed by atoms with van der Waals surface area (Å²) < 4.78 is 11.3. The Kier molecular flexibility index (Phi) is 4.34. The first-order valence-electron chi connectivity index (χ1n) is 8.05. The van der Waals surface area contributed by atoms with Crippen molar-refractivity contribution in [3.8, 4) is 0 Å². The number of hydrogen-bond acceptors (Lipinski definition) is 3. The van der Waals surface area contributed by atoms with Gasteiger partial charge in [-0.05, 0) is 24.0 Å². The molecule has 0 aromatic heterocycles. The topological polar surface area (TPSA) is 30.5 Å². The van der Waals surface area contributed by atoms with Gasteiger partial charge < -0.3 is 14.8 Å². The van der Waals surface area contributed by atoms with Crippen molar-refractivity contribution in [2.75, 3.05) is 13.7 Å². The van der Waals surface area contributed by atoms with Crippen molar-refractivity contribution < 1.29 is 9.47 Å². The van der Waals surface area contributed by atoms with Gasteiger partial charge in [0.25, 0.3) is 0 Å². The maximum Gasteiger partial charge on any atom is 0.0716 e. The predicted molar refractivity (Wildman–Crippen MR) is 84.0 cm³/mol. The molecule has 116 valence electrons. The van der Waals surface area contributed by atoms with Crippen molar-refractivity contribution in [3.05, 3.63) is 35.4 Å². The fourth-order valence-corrected chi connectivity index (χ4v) is 4.18. The van der Waals surface area contributed by atoms with Gasteiger partial charge in [-0.15, -0.1) is 0 Å². The monoisotopic (exact) mass is 289 g/mol. The van der Waals surface area contributed by atoms with Crippen LogP contribution in [0.1, 0.15) is 37.8 Å². The smallest absolute Gasteiger partial charge is 0.0716 e. The first kappa shape index (κ1) is 15.0. The van der Waals surface area contributed by atoms with E-state index in [9.17, 15) is 0 Å². The minimum Gasteiger partial charge on any atom is -0.380 e. The van der Waals surface area contributed by atoms with Gasteiger partial charge in [-0.25, -0.2) is 0 Å². The number of fused-ring (bicyclic) bond motifs is 1. The fourth-order valence-electron chi connectivity index (χ4n) is 4.18. The molecule has 1 saturated heterocycles. The zero-order chi connectivity index (χ0) is 14.9. The van der Waals surface area contributed by atoms with Crippen LogP contribution in [0.25, 0.3) is 0 Å². The molecule has 0 radical (unpaired) electrons. The Balaban J connectivity index is 1.65. The zero-order valence-electron chi connectivity index (χ0n) is 13.4. The van der Waals surface area contributed by atoms with Crippen molar-refractivity contribution in [3.63, 3.8) is 0 Å². The van der Waals surface area contributed by atoms with Gasteiger partial charge in [0.15, 0.2) is 0 Å². The molecule has 1 saturated carbocycles. The van der Waals surface area contributed by atoms with Gasteiger partial charge in [-0.3, -0.25) is 0 Å². The molecule has 21 heavy (non-hydrogen) atoms. The number of benzene rings is 1. The minimum absolute atomic E-state index is 0.237. The summed E-state index contributed by atoms with van der Waals surface area (Å²) in [5.74, 6) is 0.684. The van der Waals surface area contributed by atoms with Crippen molar-refractivity contribution in [2.45, 2.75) is 52.0 Å². The molecule has 1 N–H and O–H groups in total. The van der Waals surface area contributed by atoms with Crippen molar-refractivity contribution in [1.82, 2.24) is 5.32 Å². The molecular weight excluding hydrogens is 262 g/mol. The van der Waals surface area contributed by atoms with Crippen molar-refractivity contribution in [2.24, 2.45) is 11.3 Å². The fraction of sp³-hybridized carbons (Fsp3) is 0.667. The highest BCUT2D eigenvalue weighted by Crippen LogP contribution is 2.51. The van der Waals surface area contributed by atoms with Crippen LogP contribution in [0.5, 0.6) is 0 Å². The Hall–Kier alpha value is -0.900. The molecule has 3 atom stereocenters. The second kappa shape index (κ2) is 6.07. The summed E-state index contributed by atoms with van der Waals surface area (Å²) in [4.78, 5) is 0. The van der Waals surface area contributed by atoms with E-state index >= 15 is 0 Å². The standard InChI is InChI=1S/C18H27NO2/c1-18(2)16(15-9-6-10-21-17(15)18)19-11-13-7-4-5-8-14(13)12-20-3/h4-5,7-8,15-17,19H,6,9-12H2,1-3H3. The lowest BCUT2D eigenvalue weighted by molar-refractivity contribution is -0.193. The van der Waals surface area contributed by atoms with E-state index in [1.165, 1.54) is 24.0 Å². The molecule has 2 aliphatic rings. The number of rotatable bonds is 5. The first-order valence-corrected chi connectivity index (χ1v) is 8.05. The molecule has 0 bridgehead atoms. The molecule has 1 aromatic rings. The lowest BCUT2D eigenvalue weighted by atomic mass is 9.55. The predicted octanol–water partition coefficient (Wildman–Crippen LogP) is 3.13. The Morgan fingerprint density at radius 2 is 2.05 bits per heavy atom. The van der Waals surface area contributed by atoms with E-state index in [2.05, 4.69) is 43.4 Å². The third-order valence-corrected chi connectivity index (χ3v) is 5.26. The van der Waals surface area contributed by atoms with E-state index in [0.29, 0.717) is 24.7 Å². The van der Waals surface area contributed by atoms with Crippen LogP contribution >= 0.6 is 0 Å². The number of methoxy groups -OCH3 is 1. The summed E-state index contributed by atoms with van der Waals surface area (Å²) in [6.07, 6.45) is 2.94. The van der Waals surface area contributed by atoms with Crippen molar-refractivity contribution >= 4 is 0 Å². The van der Waals surface area contributed by atoms with Gasteiger partial charge in [-0.1, -0.05) is 38.1 Å². The summed E-state index contributed by atoms with van der Waals surface area (Å²) in [6, 6.07) is 9.09. The van der Waals surface area contributed by atoms with E-state index in [0.717, 1.165) is 13.2 Å². The van der Waals surface area contributed by atoms with Gasteiger partial charge in [0.1, 0.15) is 0 Å². The second-order valence-electron chi connectivity index (χ2n) is 6.98. The molecule has 0 amide bonds. The summed E-state index contributed by atoms with van der Waals surface area (Å²) >= 11 is 0. The molecule has 0 spiro atoms. The molecule has 3 heteroatoms. The highest BCUT2D eigenvalue weighted by atomic mass is 16.5. The van der Waals surface area contributed by atoms with Crippen LogP contribution in [0.4, 0.5) is 0 Å². The molecule has 1 heterocycles. The molecular formula is C18H27NO2. The van der Waals surface area contributed by atoms with Crippen LogP contribution in [-0.2, 0) is 22.6 Å². The van der Waals surface area contributed by atoms with E-state index in [1.54, 1.807) is 7.11 Å². The lowest BCUT2D eigenvalue weighted by Gasteiger charge is -2.60. The molecule has 2 fully saturated rings. The first-order chi connectivity index (χ1) is 10.1. The van der Waals surface area contributed by atoms with Gasteiger partial charge in [0.05, 0.1) is 12.7 Å². The summed E-state index contributed by atoms with van der Waals surface area (Å²) in [5, 5.41) is 3.79. The van der Waals surface area contributed by atoms with Crippen LogP contribution in [0.15, 0.2) is 24.3 Å². The average molecular weight is 289 g/mol. The molecule has 1 aliphatic heterocycles. The Morgan fingerprint density at radius 3 is 2.81 bits per heavy atom. The number of nitrogens with one attached hydrogen (secondary N) is 1. The van der Waals surface area contributed by atoms with Crippen LogP contribution in [-0.4, -0.2) is 25.9 Å². The normalized spacial score (nSPS) is 30.5. The Bertz CT molecular complexity index is 486. The number of hydrogen-bond donors (Lipinski definition) is 1. The second-order valence-corrected chi connectivity index (χ2v) is 6.98.